The topological polar surface area (TPSA) is 109 Å². The Balaban J connectivity index is 1.42. The minimum atomic E-state index is -0.347. The lowest BCUT2D eigenvalue weighted by molar-refractivity contribution is -0.118. The molecule has 0 saturated heterocycles. The Bertz CT molecular complexity index is 1220. The fourth-order valence-corrected chi connectivity index (χ4v) is 3.76. The van der Waals surface area contributed by atoms with Crippen LogP contribution in [0.25, 0.3) is 22.2 Å². The average Bonchev–Trinajstić information content (AvgIpc) is 3.44. The fraction of sp³-hybridized carbons (Fsp3) is 0.182. The molecular weight excluding hydrogens is 432 g/mol. The summed E-state index contributed by atoms with van der Waals surface area (Å²) in [4.78, 5) is 21.8. The molecule has 2 aromatic carbocycles. The summed E-state index contributed by atoms with van der Waals surface area (Å²) in [5.74, 6) is 2.21. The molecule has 1 amide bonds. The van der Waals surface area contributed by atoms with Gasteiger partial charge in [0.05, 0.1) is 19.9 Å². The molecule has 0 aliphatic rings. The van der Waals surface area contributed by atoms with Crippen LogP contribution in [-0.2, 0) is 4.79 Å². The predicted molar refractivity (Wildman–Crippen MR) is 119 cm³/mol. The maximum absolute atomic E-state index is 12.3. The molecule has 0 fully saturated rings. The van der Waals surface area contributed by atoms with Crippen LogP contribution >= 0.6 is 11.3 Å². The first-order valence-corrected chi connectivity index (χ1v) is 10.4. The van der Waals surface area contributed by atoms with Gasteiger partial charge in [-0.05, 0) is 43.3 Å². The van der Waals surface area contributed by atoms with Crippen LogP contribution < -0.4 is 19.5 Å². The molecule has 9 nitrogen and oxygen atoms in total. The number of methoxy groups -OCH3 is 2. The van der Waals surface area contributed by atoms with E-state index >= 15 is 0 Å². The van der Waals surface area contributed by atoms with Crippen molar-refractivity contribution in [2.75, 3.05) is 26.1 Å². The quantitative estimate of drug-likeness (QED) is 0.424. The monoisotopic (exact) mass is 452 g/mol. The molecule has 164 valence electrons. The van der Waals surface area contributed by atoms with E-state index in [0.717, 1.165) is 11.3 Å². The number of carbonyl (C=O) groups is 1. The van der Waals surface area contributed by atoms with Crippen molar-refractivity contribution >= 4 is 22.4 Å². The number of thiazole rings is 1. The average molecular weight is 452 g/mol. The van der Waals surface area contributed by atoms with E-state index in [-0.39, 0.29) is 12.5 Å². The van der Waals surface area contributed by atoms with Gasteiger partial charge in [-0.3, -0.25) is 10.1 Å². The number of carbonyl (C=O) groups excluding carboxylic acids is 1. The third-order valence-corrected chi connectivity index (χ3v) is 5.50. The van der Waals surface area contributed by atoms with Crippen LogP contribution in [-0.4, -0.2) is 41.9 Å². The van der Waals surface area contributed by atoms with E-state index in [1.54, 1.807) is 32.4 Å². The second-order valence-electron chi connectivity index (χ2n) is 6.57. The van der Waals surface area contributed by atoms with Gasteiger partial charge in [0.15, 0.2) is 23.2 Å². The first-order chi connectivity index (χ1) is 15.6. The number of para-hydroxylation sites is 2. The van der Waals surface area contributed by atoms with Crippen molar-refractivity contribution in [3.8, 4) is 39.4 Å². The third-order valence-electron chi connectivity index (χ3n) is 4.44. The summed E-state index contributed by atoms with van der Waals surface area (Å²) in [6.45, 7) is 1.63. The number of nitrogens with one attached hydrogen (secondary N) is 1. The molecular formula is C22H20N4O5S. The molecule has 10 heteroatoms. The third kappa shape index (κ3) is 4.70. The molecule has 2 heterocycles. The van der Waals surface area contributed by atoms with Gasteiger partial charge in [-0.1, -0.05) is 28.6 Å². The van der Waals surface area contributed by atoms with Gasteiger partial charge in [0, 0.05) is 5.56 Å². The first-order valence-electron chi connectivity index (χ1n) is 9.59. The SMILES string of the molecule is COc1ccc(-c2noc(-c3sc(NC(=O)COc4ccccc4OC)nc3C)n2)cc1. The van der Waals surface area contributed by atoms with Gasteiger partial charge >= 0.3 is 0 Å². The van der Waals surface area contributed by atoms with E-state index in [0.29, 0.717) is 38.9 Å². The maximum Gasteiger partial charge on any atom is 0.270 e. The second kappa shape index (κ2) is 9.48. The molecule has 32 heavy (non-hydrogen) atoms. The number of nitrogens with zero attached hydrogens (tertiary/aromatic N) is 3. The number of aromatic nitrogens is 3. The van der Waals surface area contributed by atoms with E-state index in [9.17, 15) is 4.79 Å². The molecule has 0 radical (unpaired) electrons. The van der Waals surface area contributed by atoms with Crippen molar-refractivity contribution in [3.05, 3.63) is 54.2 Å². The van der Waals surface area contributed by atoms with Crippen LogP contribution in [0.1, 0.15) is 5.69 Å². The van der Waals surface area contributed by atoms with Crippen molar-refractivity contribution in [2.45, 2.75) is 6.92 Å². The van der Waals surface area contributed by atoms with Crippen molar-refractivity contribution in [2.24, 2.45) is 0 Å². The molecule has 1 N–H and O–H groups in total. The number of rotatable bonds is 8. The van der Waals surface area contributed by atoms with Crippen molar-refractivity contribution in [3.63, 3.8) is 0 Å². The van der Waals surface area contributed by atoms with E-state index < -0.39 is 0 Å². The van der Waals surface area contributed by atoms with Crippen LogP contribution in [0.4, 0.5) is 5.13 Å². The highest BCUT2D eigenvalue weighted by molar-refractivity contribution is 7.19. The Kier molecular flexibility index (Phi) is 6.31. The summed E-state index contributed by atoms with van der Waals surface area (Å²) >= 11 is 1.25. The first kappa shape index (κ1) is 21.3. The second-order valence-corrected chi connectivity index (χ2v) is 7.57. The smallest absolute Gasteiger partial charge is 0.270 e. The summed E-state index contributed by atoms with van der Waals surface area (Å²) in [6.07, 6.45) is 0. The van der Waals surface area contributed by atoms with Crippen LogP contribution in [0.2, 0.25) is 0 Å². The highest BCUT2D eigenvalue weighted by Gasteiger charge is 2.18. The number of ether oxygens (including phenoxy) is 3. The Labute approximate surface area is 188 Å². The molecule has 0 aliphatic heterocycles. The minimum absolute atomic E-state index is 0.184. The van der Waals surface area contributed by atoms with Gasteiger partial charge in [-0.2, -0.15) is 4.98 Å². The van der Waals surface area contributed by atoms with Crippen LogP contribution in [0.5, 0.6) is 17.2 Å². The summed E-state index contributed by atoms with van der Waals surface area (Å²) < 4.78 is 21.3. The Morgan fingerprint density at radius 3 is 2.50 bits per heavy atom. The molecule has 0 saturated carbocycles. The number of hydrogen-bond donors (Lipinski definition) is 1. The lowest BCUT2D eigenvalue weighted by Crippen LogP contribution is -2.20. The Morgan fingerprint density at radius 2 is 1.78 bits per heavy atom. The molecule has 2 aromatic heterocycles. The van der Waals surface area contributed by atoms with E-state index in [1.807, 2.05) is 37.3 Å². The van der Waals surface area contributed by atoms with Gasteiger partial charge in [0.25, 0.3) is 11.8 Å². The molecule has 0 atom stereocenters. The van der Waals surface area contributed by atoms with Crippen molar-refractivity contribution in [1.29, 1.82) is 0 Å². The molecule has 0 spiro atoms. The summed E-state index contributed by atoms with van der Waals surface area (Å²) in [5, 5.41) is 7.18. The van der Waals surface area contributed by atoms with Gasteiger partial charge in [0.1, 0.15) is 10.6 Å². The molecule has 0 unspecified atom stereocenters. The highest BCUT2D eigenvalue weighted by Crippen LogP contribution is 2.33. The Hall–Kier alpha value is -3.92. The van der Waals surface area contributed by atoms with Gasteiger partial charge < -0.3 is 18.7 Å². The fourth-order valence-electron chi connectivity index (χ4n) is 2.86. The zero-order valence-corrected chi connectivity index (χ0v) is 18.4. The van der Waals surface area contributed by atoms with Crippen LogP contribution in [0.15, 0.2) is 53.1 Å². The number of amides is 1. The summed E-state index contributed by atoms with van der Waals surface area (Å²) in [6, 6.07) is 14.5. The van der Waals surface area contributed by atoms with Gasteiger partial charge in [-0.15, -0.1) is 0 Å². The number of hydrogen-bond acceptors (Lipinski definition) is 9. The minimum Gasteiger partial charge on any atom is -0.497 e. The molecule has 0 aliphatic carbocycles. The lowest BCUT2D eigenvalue weighted by Gasteiger charge is -2.09. The zero-order valence-electron chi connectivity index (χ0n) is 17.6. The van der Waals surface area contributed by atoms with Gasteiger partial charge in [0.2, 0.25) is 5.82 Å². The van der Waals surface area contributed by atoms with E-state index in [1.165, 1.54) is 11.3 Å². The molecule has 4 rings (SSSR count). The Morgan fingerprint density at radius 1 is 1.03 bits per heavy atom. The van der Waals surface area contributed by atoms with E-state index in [2.05, 4.69) is 20.4 Å². The van der Waals surface area contributed by atoms with Crippen molar-refractivity contribution < 1.29 is 23.5 Å². The lowest BCUT2D eigenvalue weighted by atomic mass is 10.2. The number of benzene rings is 2. The predicted octanol–water partition coefficient (Wildman–Crippen LogP) is 4.20. The van der Waals surface area contributed by atoms with E-state index in [4.69, 9.17) is 18.7 Å². The van der Waals surface area contributed by atoms with Crippen LogP contribution in [0.3, 0.4) is 0 Å². The zero-order chi connectivity index (χ0) is 22.5. The molecule has 4 aromatic rings. The normalized spacial score (nSPS) is 10.6. The summed E-state index contributed by atoms with van der Waals surface area (Å²) in [7, 11) is 3.15. The largest absolute Gasteiger partial charge is 0.497 e. The summed E-state index contributed by atoms with van der Waals surface area (Å²) in [5.41, 5.74) is 1.46. The van der Waals surface area contributed by atoms with Crippen molar-refractivity contribution in [1.82, 2.24) is 15.1 Å². The molecule has 0 bridgehead atoms. The number of anilines is 1. The van der Waals surface area contributed by atoms with Crippen LogP contribution in [0, 0.1) is 6.92 Å². The number of aryl methyl sites for hydroxylation is 1. The highest BCUT2D eigenvalue weighted by atomic mass is 32.1. The maximum atomic E-state index is 12.3. The standard InChI is InChI=1S/C22H20N4O5S/c1-13-19(21-25-20(26-31-21)14-8-10-15(28-2)11-9-14)32-22(23-13)24-18(27)12-30-17-7-5-4-6-16(17)29-3/h4-11H,12H2,1-3H3,(H,23,24,27). The van der Waals surface area contributed by atoms with Gasteiger partial charge in [-0.25, -0.2) is 4.98 Å².